The number of rotatable bonds is 2. The van der Waals surface area contributed by atoms with Crippen LogP contribution in [0.1, 0.15) is 18.9 Å². The number of halogens is 2. The molecule has 1 aliphatic carbocycles. The van der Waals surface area contributed by atoms with Gasteiger partial charge in [0.1, 0.15) is 0 Å². The molecule has 1 atom stereocenters. The summed E-state index contributed by atoms with van der Waals surface area (Å²) in [6, 6.07) is 23.8. The summed E-state index contributed by atoms with van der Waals surface area (Å²) < 4.78 is 0. The van der Waals surface area contributed by atoms with Crippen LogP contribution in [0.15, 0.2) is 66.7 Å². The summed E-state index contributed by atoms with van der Waals surface area (Å²) in [5.74, 6) is 0. The average Bonchev–Trinajstić information content (AvgIpc) is 2.94. The van der Waals surface area contributed by atoms with E-state index in [1.165, 1.54) is 26.8 Å². The Labute approximate surface area is 174 Å². The molecule has 0 N–H and O–H groups in total. The number of hydrogen-bond donors (Lipinski definition) is 0. The molecule has 0 nitrogen and oxygen atoms in total. The number of fused-ring (bicyclic) bond motifs is 2. The summed E-state index contributed by atoms with van der Waals surface area (Å²) in [7, 11) is 0. The molecule has 0 radical (unpaired) electrons. The standard InChI is InChI=1S/C21H17.2ClH.Zr/c1-2-21(14-17-9-3-4-10-18(17)15-21)20-13-7-11-16-8-5-6-12-19(16)20;;;/h3-14H,2H2,1H3;2*1H;/q-1;;;. The maximum atomic E-state index is 3.75. The van der Waals surface area contributed by atoms with Crippen LogP contribution in [-0.4, -0.2) is 0 Å². The van der Waals surface area contributed by atoms with E-state index in [0.29, 0.717) is 0 Å². The minimum atomic E-state index is -0.107. The van der Waals surface area contributed by atoms with Gasteiger partial charge in [-0.15, -0.1) is 48.2 Å². The van der Waals surface area contributed by atoms with E-state index >= 15 is 0 Å². The van der Waals surface area contributed by atoms with E-state index in [2.05, 4.69) is 85.8 Å². The first-order valence-corrected chi connectivity index (χ1v) is 7.54. The molecule has 0 saturated heterocycles. The van der Waals surface area contributed by atoms with Crippen molar-refractivity contribution >= 4 is 47.7 Å². The summed E-state index contributed by atoms with van der Waals surface area (Å²) in [6.45, 7) is 2.25. The molecular weight excluding hydrogens is 414 g/mol. The smallest absolute Gasteiger partial charge is 0 e. The molecule has 24 heavy (non-hydrogen) atoms. The van der Waals surface area contributed by atoms with E-state index in [0.717, 1.165) is 6.42 Å². The van der Waals surface area contributed by atoms with Crippen LogP contribution in [0.3, 0.4) is 0 Å². The normalized spacial score (nSPS) is 17.4. The van der Waals surface area contributed by atoms with Gasteiger partial charge in [0.15, 0.2) is 0 Å². The molecule has 0 amide bonds. The minimum absolute atomic E-state index is 0. The Morgan fingerprint density at radius 3 is 2.25 bits per heavy atom. The predicted octanol–water partition coefficient (Wildman–Crippen LogP) is 4.48. The number of hydrogen-bond acceptors (Lipinski definition) is 0. The second-order valence-electron chi connectivity index (χ2n) is 5.71. The average molecular weight is 434 g/mol. The van der Waals surface area contributed by atoms with Crippen molar-refractivity contribution in [1.82, 2.24) is 0 Å². The van der Waals surface area contributed by atoms with Crippen LogP contribution in [0.25, 0.3) is 22.9 Å². The fourth-order valence-corrected chi connectivity index (χ4v) is 3.42. The van der Waals surface area contributed by atoms with Gasteiger partial charge < -0.3 is 0 Å². The predicted molar refractivity (Wildman–Crippen MR) is 104 cm³/mol. The topological polar surface area (TPSA) is 0 Å². The quantitative estimate of drug-likeness (QED) is 0.523. The van der Waals surface area contributed by atoms with Crippen LogP contribution >= 0.6 is 24.8 Å². The van der Waals surface area contributed by atoms with Crippen LogP contribution in [0.4, 0.5) is 0 Å². The molecular formula is C21H19Cl2Zr-. The van der Waals surface area contributed by atoms with E-state index in [4.69, 9.17) is 0 Å². The fourth-order valence-electron chi connectivity index (χ4n) is 3.42. The minimum Gasteiger partial charge on any atom is -0.189 e. The molecule has 3 aromatic rings. The molecule has 0 saturated carbocycles. The van der Waals surface area contributed by atoms with Crippen LogP contribution in [0.2, 0.25) is 0 Å². The SMILES string of the molecule is CCC1(c2cccc3ccccc23)[C-]=c2ccccc2=C1.Cl.Cl.[Zr]. The summed E-state index contributed by atoms with van der Waals surface area (Å²) in [6.07, 6.45) is 7.15. The third-order valence-electron chi connectivity index (χ3n) is 4.55. The first-order valence-electron chi connectivity index (χ1n) is 7.54. The molecule has 4 rings (SSSR count). The summed E-state index contributed by atoms with van der Waals surface area (Å²) >= 11 is 0. The zero-order valence-corrected chi connectivity index (χ0v) is 17.5. The van der Waals surface area contributed by atoms with E-state index in [1.807, 2.05) is 0 Å². The van der Waals surface area contributed by atoms with Crippen LogP contribution in [0.5, 0.6) is 0 Å². The summed E-state index contributed by atoms with van der Waals surface area (Å²) in [5.41, 5.74) is 1.25. The van der Waals surface area contributed by atoms with Gasteiger partial charge in [0.05, 0.1) is 0 Å². The van der Waals surface area contributed by atoms with Crippen LogP contribution in [-0.2, 0) is 31.6 Å². The Morgan fingerprint density at radius 2 is 1.50 bits per heavy atom. The largest absolute Gasteiger partial charge is 0.189 e. The third kappa shape index (κ3) is 3.40. The Hall–Kier alpha value is -0.877. The van der Waals surface area contributed by atoms with E-state index < -0.39 is 0 Å². The van der Waals surface area contributed by atoms with Crippen molar-refractivity contribution in [1.29, 1.82) is 0 Å². The molecule has 0 fully saturated rings. The van der Waals surface area contributed by atoms with Gasteiger partial charge in [0.2, 0.25) is 0 Å². The van der Waals surface area contributed by atoms with Crippen LogP contribution in [0, 0.1) is 0 Å². The maximum Gasteiger partial charge on any atom is 0 e. The molecule has 0 spiro atoms. The first kappa shape index (κ1) is 21.2. The monoisotopic (exact) mass is 431 g/mol. The van der Waals surface area contributed by atoms with Crippen molar-refractivity contribution in [3.63, 3.8) is 0 Å². The van der Waals surface area contributed by atoms with Crippen molar-refractivity contribution in [3.8, 4) is 0 Å². The Morgan fingerprint density at radius 1 is 0.833 bits per heavy atom. The van der Waals surface area contributed by atoms with Crippen molar-refractivity contribution in [2.24, 2.45) is 0 Å². The second kappa shape index (κ2) is 8.48. The van der Waals surface area contributed by atoms with Crippen molar-refractivity contribution in [3.05, 3.63) is 82.7 Å². The molecule has 3 heteroatoms. The van der Waals surface area contributed by atoms with E-state index in [-0.39, 0.29) is 56.4 Å². The summed E-state index contributed by atoms with van der Waals surface area (Å²) in [5, 5.41) is 5.16. The van der Waals surface area contributed by atoms with Crippen molar-refractivity contribution < 1.29 is 26.2 Å². The van der Waals surface area contributed by atoms with Crippen LogP contribution < -0.4 is 10.4 Å². The van der Waals surface area contributed by atoms with E-state index in [9.17, 15) is 0 Å². The zero-order valence-electron chi connectivity index (χ0n) is 13.5. The first-order chi connectivity index (χ1) is 10.3. The van der Waals surface area contributed by atoms with Crippen molar-refractivity contribution in [2.75, 3.05) is 0 Å². The molecule has 0 bridgehead atoms. The molecule has 122 valence electrons. The Balaban J connectivity index is 0.000000960. The van der Waals surface area contributed by atoms with Gasteiger partial charge in [-0.05, 0) is 21.8 Å². The Bertz CT molecular complexity index is 907. The second-order valence-corrected chi connectivity index (χ2v) is 5.71. The van der Waals surface area contributed by atoms with Gasteiger partial charge in [-0.3, -0.25) is 0 Å². The maximum absolute atomic E-state index is 3.75. The summed E-state index contributed by atoms with van der Waals surface area (Å²) in [4.78, 5) is 0. The molecule has 0 heterocycles. The van der Waals surface area contributed by atoms with Gasteiger partial charge >= 0.3 is 0 Å². The van der Waals surface area contributed by atoms with Gasteiger partial charge in [-0.2, -0.15) is 17.4 Å². The van der Waals surface area contributed by atoms with Crippen molar-refractivity contribution in [2.45, 2.75) is 18.8 Å². The molecule has 0 aromatic heterocycles. The third-order valence-corrected chi connectivity index (χ3v) is 4.55. The van der Waals surface area contributed by atoms with Gasteiger partial charge in [-0.25, -0.2) is 0 Å². The van der Waals surface area contributed by atoms with Gasteiger partial charge in [0, 0.05) is 26.2 Å². The molecule has 0 aliphatic heterocycles. The zero-order chi connectivity index (χ0) is 14.3. The molecule has 3 aromatic carbocycles. The molecule has 1 unspecified atom stereocenters. The van der Waals surface area contributed by atoms with E-state index in [1.54, 1.807) is 0 Å². The Kier molecular flexibility index (Phi) is 7.48. The number of benzene rings is 3. The van der Waals surface area contributed by atoms with Gasteiger partial charge in [0.25, 0.3) is 0 Å². The van der Waals surface area contributed by atoms with Gasteiger partial charge in [-0.1, -0.05) is 61.9 Å². The molecule has 1 aliphatic rings. The fraction of sp³-hybridized carbons (Fsp3) is 0.143.